The van der Waals surface area contributed by atoms with E-state index >= 15 is 0 Å². The lowest BCUT2D eigenvalue weighted by Crippen LogP contribution is -2.37. The fraction of sp³-hybridized carbons (Fsp3) is 0.700. The molecule has 4 heteroatoms. The molecule has 0 aromatic rings. The van der Waals surface area contributed by atoms with Crippen LogP contribution in [0.4, 0.5) is 0 Å². The van der Waals surface area contributed by atoms with E-state index in [4.69, 9.17) is 5.11 Å². The number of aliphatic carboxylic acids is 1. The Morgan fingerprint density at radius 1 is 1.64 bits per heavy atom. The van der Waals surface area contributed by atoms with E-state index in [-0.39, 0.29) is 0 Å². The summed E-state index contributed by atoms with van der Waals surface area (Å²) in [6.45, 7) is 6.84. The smallest absolute Gasteiger partial charge is 0.321 e. The first-order valence-electron chi connectivity index (χ1n) is 4.86. The van der Waals surface area contributed by atoms with E-state index in [0.29, 0.717) is 19.5 Å². The van der Waals surface area contributed by atoms with E-state index in [9.17, 15) is 9.90 Å². The van der Waals surface area contributed by atoms with Crippen LogP contribution in [0.3, 0.4) is 0 Å². The highest BCUT2D eigenvalue weighted by Gasteiger charge is 2.35. The molecule has 0 amide bonds. The summed E-state index contributed by atoms with van der Waals surface area (Å²) in [5.74, 6) is -0.856. The predicted molar refractivity (Wildman–Crippen MR) is 53.1 cm³/mol. The molecule has 2 atom stereocenters. The maximum atomic E-state index is 10.8. The Morgan fingerprint density at radius 2 is 2.29 bits per heavy atom. The van der Waals surface area contributed by atoms with Gasteiger partial charge in [-0.1, -0.05) is 19.1 Å². The van der Waals surface area contributed by atoms with Gasteiger partial charge in [0.05, 0.1) is 6.10 Å². The summed E-state index contributed by atoms with van der Waals surface area (Å²) >= 11 is 0. The maximum Gasteiger partial charge on any atom is 0.321 e. The number of aliphatic hydroxyl groups excluding tert-OH is 1. The number of rotatable bonds is 4. The molecular formula is C10H17NO3. The number of nitrogens with zero attached hydrogens (tertiary/aromatic N) is 1. The molecule has 0 aliphatic carbocycles. The van der Waals surface area contributed by atoms with Crippen LogP contribution in [0.15, 0.2) is 12.2 Å². The van der Waals surface area contributed by atoms with Gasteiger partial charge >= 0.3 is 5.97 Å². The molecule has 0 spiro atoms. The number of likely N-dealkylation sites (tertiary alicyclic amines) is 1. The van der Waals surface area contributed by atoms with E-state index in [0.717, 1.165) is 12.0 Å². The van der Waals surface area contributed by atoms with Crippen molar-refractivity contribution in [1.29, 1.82) is 0 Å². The van der Waals surface area contributed by atoms with Crippen LogP contribution < -0.4 is 0 Å². The second kappa shape index (κ2) is 4.57. The van der Waals surface area contributed by atoms with Crippen LogP contribution in [0.25, 0.3) is 0 Å². The van der Waals surface area contributed by atoms with Gasteiger partial charge in [-0.25, -0.2) is 0 Å². The van der Waals surface area contributed by atoms with Crippen LogP contribution >= 0.6 is 0 Å². The van der Waals surface area contributed by atoms with Crippen molar-refractivity contribution in [2.75, 3.05) is 13.1 Å². The van der Waals surface area contributed by atoms with Crippen molar-refractivity contribution < 1.29 is 15.0 Å². The second-order valence-corrected chi connectivity index (χ2v) is 3.78. The Kier molecular flexibility index (Phi) is 3.66. The van der Waals surface area contributed by atoms with Crippen LogP contribution in [-0.2, 0) is 4.79 Å². The topological polar surface area (TPSA) is 60.8 Å². The van der Waals surface area contributed by atoms with Crippen LogP contribution in [0, 0.1) is 0 Å². The minimum atomic E-state index is -0.856. The predicted octanol–water partition coefficient (Wildman–Crippen LogP) is 0.472. The average Bonchev–Trinajstić information content (AvgIpc) is 2.46. The van der Waals surface area contributed by atoms with Gasteiger partial charge in [-0.2, -0.15) is 0 Å². The number of β-amino-alcohol motifs (C(OH)–C–C–N with tert-alkyl or cyclic N) is 1. The first-order valence-corrected chi connectivity index (χ1v) is 4.86. The van der Waals surface area contributed by atoms with Crippen molar-refractivity contribution in [2.45, 2.75) is 31.9 Å². The van der Waals surface area contributed by atoms with Crippen molar-refractivity contribution in [3.8, 4) is 0 Å². The van der Waals surface area contributed by atoms with E-state index in [1.807, 2.05) is 6.92 Å². The molecule has 80 valence electrons. The SMILES string of the molecule is C=C(CC)CN1CC(O)CC1C(=O)O. The number of carbonyl (C=O) groups is 1. The van der Waals surface area contributed by atoms with E-state index in [1.54, 1.807) is 4.90 Å². The molecule has 1 rings (SSSR count). The summed E-state index contributed by atoms with van der Waals surface area (Å²) in [7, 11) is 0. The third-order valence-electron chi connectivity index (χ3n) is 2.59. The molecule has 0 bridgehead atoms. The Bertz CT molecular complexity index is 240. The van der Waals surface area contributed by atoms with Gasteiger partial charge in [0, 0.05) is 19.5 Å². The molecule has 1 aliphatic rings. The highest BCUT2D eigenvalue weighted by atomic mass is 16.4. The van der Waals surface area contributed by atoms with Gasteiger partial charge in [-0.15, -0.1) is 0 Å². The minimum Gasteiger partial charge on any atom is -0.480 e. The highest BCUT2D eigenvalue weighted by Crippen LogP contribution is 2.19. The summed E-state index contributed by atoms with van der Waals surface area (Å²) in [6, 6.07) is -0.548. The number of carboxylic acids is 1. The normalized spacial score (nSPS) is 27.9. The lowest BCUT2D eigenvalue weighted by atomic mass is 10.2. The van der Waals surface area contributed by atoms with E-state index < -0.39 is 18.1 Å². The third kappa shape index (κ3) is 2.56. The molecule has 1 fully saturated rings. The molecule has 1 saturated heterocycles. The molecule has 0 radical (unpaired) electrons. The maximum absolute atomic E-state index is 10.8. The Morgan fingerprint density at radius 3 is 2.79 bits per heavy atom. The molecule has 4 nitrogen and oxygen atoms in total. The average molecular weight is 199 g/mol. The standard InChI is InChI=1S/C10H17NO3/c1-3-7(2)5-11-6-8(12)4-9(11)10(13)14/h8-9,12H,2-6H2,1H3,(H,13,14). The molecule has 0 aromatic carbocycles. The monoisotopic (exact) mass is 199 g/mol. The highest BCUT2D eigenvalue weighted by molar-refractivity contribution is 5.74. The summed E-state index contributed by atoms with van der Waals surface area (Å²) in [5, 5.41) is 18.3. The third-order valence-corrected chi connectivity index (χ3v) is 2.59. The summed E-state index contributed by atoms with van der Waals surface area (Å²) in [4.78, 5) is 12.6. The van der Waals surface area contributed by atoms with E-state index in [2.05, 4.69) is 6.58 Å². The first kappa shape index (κ1) is 11.2. The molecule has 2 unspecified atom stereocenters. The quantitative estimate of drug-likeness (QED) is 0.646. The van der Waals surface area contributed by atoms with Crippen LogP contribution in [-0.4, -0.2) is 46.3 Å². The van der Waals surface area contributed by atoms with E-state index in [1.165, 1.54) is 0 Å². The fourth-order valence-corrected chi connectivity index (χ4v) is 1.71. The lowest BCUT2D eigenvalue weighted by Gasteiger charge is -2.21. The molecule has 1 aliphatic heterocycles. The minimum absolute atomic E-state index is 0.326. The number of hydrogen-bond acceptors (Lipinski definition) is 3. The first-order chi connectivity index (χ1) is 6.54. The Hall–Kier alpha value is -0.870. The van der Waals surface area contributed by atoms with Crippen molar-refractivity contribution in [1.82, 2.24) is 4.90 Å². The number of hydrogen-bond donors (Lipinski definition) is 2. The van der Waals surface area contributed by atoms with Gasteiger partial charge in [-0.3, -0.25) is 9.69 Å². The van der Waals surface area contributed by atoms with Gasteiger partial charge in [0.1, 0.15) is 6.04 Å². The van der Waals surface area contributed by atoms with Crippen molar-refractivity contribution in [3.63, 3.8) is 0 Å². The molecule has 1 heterocycles. The number of aliphatic hydroxyl groups is 1. The zero-order chi connectivity index (χ0) is 10.7. The lowest BCUT2D eigenvalue weighted by molar-refractivity contribution is -0.142. The van der Waals surface area contributed by atoms with Crippen LogP contribution in [0.1, 0.15) is 19.8 Å². The summed E-state index contributed by atoms with van der Waals surface area (Å²) < 4.78 is 0. The van der Waals surface area contributed by atoms with Gasteiger partial charge in [-0.05, 0) is 6.42 Å². The zero-order valence-corrected chi connectivity index (χ0v) is 8.44. The van der Waals surface area contributed by atoms with Crippen LogP contribution in [0.2, 0.25) is 0 Å². The van der Waals surface area contributed by atoms with Gasteiger partial charge in [0.25, 0.3) is 0 Å². The number of carboxylic acid groups (broad SMARTS) is 1. The summed E-state index contributed by atoms with van der Waals surface area (Å²) in [5.41, 5.74) is 1.00. The van der Waals surface area contributed by atoms with Gasteiger partial charge < -0.3 is 10.2 Å². The van der Waals surface area contributed by atoms with Crippen molar-refractivity contribution in [3.05, 3.63) is 12.2 Å². The zero-order valence-electron chi connectivity index (χ0n) is 8.44. The molecule has 14 heavy (non-hydrogen) atoms. The van der Waals surface area contributed by atoms with Gasteiger partial charge in [0.15, 0.2) is 0 Å². The molecule has 0 aromatic heterocycles. The van der Waals surface area contributed by atoms with Crippen molar-refractivity contribution in [2.24, 2.45) is 0 Å². The Balaban J connectivity index is 2.57. The van der Waals surface area contributed by atoms with Gasteiger partial charge in [0.2, 0.25) is 0 Å². The largest absolute Gasteiger partial charge is 0.480 e. The van der Waals surface area contributed by atoms with Crippen LogP contribution in [0.5, 0.6) is 0 Å². The molecule has 0 saturated carbocycles. The molecule has 2 N–H and O–H groups in total. The Labute approximate surface area is 83.8 Å². The fourth-order valence-electron chi connectivity index (χ4n) is 1.71. The molecular weight excluding hydrogens is 182 g/mol. The second-order valence-electron chi connectivity index (χ2n) is 3.78. The van der Waals surface area contributed by atoms with Crippen molar-refractivity contribution >= 4 is 5.97 Å². The summed E-state index contributed by atoms with van der Waals surface area (Å²) in [6.07, 6.45) is 0.659.